The third-order valence-corrected chi connectivity index (χ3v) is 1.75. The van der Waals surface area contributed by atoms with E-state index in [2.05, 4.69) is 15.1 Å². The van der Waals surface area contributed by atoms with Gasteiger partial charge in [0.1, 0.15) is 5.69 Å². The summed E-state index contributed by atoms with van der Waals surface area (Å²) >= 11 is 5.54. The van der Waals surface area contributed by atoms with E-state index < -0.39 is 0 Å². The average molecular weight is 197 g/mol. The molecule has 0 bridgehead atoms. The minimum absolute atomic E-state index is 0.236. The lowest BCUT2D eigenvalue weighted by molar-refractivity contribution is 0.111. The van der Waals surface area contributed by atoms with Crippen LogP contribution < -0.4 is 0 Å². The molecule has 0 radical (unpaired) electrons. The summed E-state index contributed by atoms with van der Waals surface area (Å²) in [5.41, 5.74) is 0.334. The predicted octanol–water partition coefficient (Wildman–Crippen LogP) is 0.676. The monoisotopic (exact) mass is 196 g/mol. The Morgan fingerprint density at radius 2 is 2.38 bits per heavy atom. The molecule has 2 heterocycles. The van der Waals surface area contributed by atoms with Crippen molar-refractivity contribution in [2.24, 2.45) is 0 Å². The first-order chi connectivity index (χ1) is 6.33. The largest absolute Gasteiger partial charge is 0.296 e. The molecule has 0 aromatic carbocycles. The van der Waals surface area contributed by atoms with Gasteiger partial charge >= 0.3 is 0 Å². The van der Waals surface area contributed by atoms with Crippen LogP contribution in [0.1, 0.15) is 16.3 Å². The van der Waals surface area contributed by atoms with E-state index in [0.717, 1.165) is 0 Å². The van der Waals surface area contributed by atoms with E-state index in [0.29, 0.717) is 23.6 Å². The van der Waals surface area contributed by atoms with Crippen LogP contribution in [0.3, 0.4) is 0 Å². The lowest BCUT2D eigenvalue weighted by atomic mass is 10.4. The van der Waals surface area contributed by atoms with Crippen LogP contribution in [-0.2, 0) is 5.88 Å². The Morgan fingerprint density at radius 3 is 3.08 bits per heavy atom. The summed E-state index contributed by atoms with van der Waals surface area (Å²) in [5.74, 6) is 1.12. The molecule has 0 saturated carbocycles. The maximum absolute atomic E-state index is 10.4. The Hall–Kier alpha value is -1.49. The van der Waals surface area contributed by atoms with Gasteiger partial charge in [-0.3, -0.25) is 4.79 Å². The van der Waals surface area contributed by atoms with Crippen molar-refractivity contribution in [1.29, 1.82) is 0 Å². The van der Waals surface area contributed by atoms with E-state index >= 15 is 0 Å². The number of nitrogens with zero attached hydrogens (tertiary/aromatic N) is 4. The van der Waals surface area contributed by atoms with E-state index in [9.17, 15) is 4.79 Å². The number of hydrogen-bond donors (Lipinski definition) is 0. The van der Waals surface area contributed by atoms with Crippen molar-refractivity contribution in [1.82, 2.24) is 19.6 Å². The second kappa shape index (κ2) is 3.10. The van der Waals surface area contributed by atoms with Gasteiger partial charge in [0.15, 0.2) is 12.1 Å². The zero-order valence-electron chi connectivity index (χ0n) is 6.51. The van der Waals surface area contributed by atoms with Crippen LogP contribution in [0.4, 0.5) is 0 Å². The molecule has 5 nitrogen and oxygen atoms in total. The molecule has 0 aliphatic carbocycles. The first kappa shape index (κ1) is 8.12. The Morgan fingerprint density at radius 1 is 1.54 bits per heavy atom. The van der Waals surface area contributed by atoms with Crippen molar-refractivity contribution >= 4 is 23.7 Å². The lowest BCUT2D eigenvalue weighted by Crippen LogP contribution is -1.93. The summed E-state index contributed by atoms with van der Waals surface area (Å²) in [5, 5.41) is 4.00. The fourth-order valence-electron chi connectivity index (χ4n) is 0.956. The molecule has 0 atom stereocenters. The van der Waals surface area contributed by atoms with Crippen LogP contribution in [0.15, 0.2) is 12.3 Å². The van der Waals surface area contributed by atoms with Gasteiger partial charge in [0.25, 0.3) is 5.78 Å². The van der Waals surface area contributed by atoms with E-state index in [-0.39, 0.29) is 5.88 Å². The summed E-state index contributed by atoms with van der Waals surface area (Å²) in [4.78, 5) is 18.3. The van der Waals surface area contributed by atoms with Gasteiger partial charge < -0.3 is 0 Å². The summed E-state index contributed by atoms with van der Waals surface area (Å²) in [7, 11) is 0. The zero-order chi connectivity index (χ0) is 9.26. The fraction of sp³-hybridized carbons (Fsp3) is 0.143. The molecule has 0 amide bonds. The topological polar surface area (TPSA) is 60.2 Å². The van der Waals surface area contributed by atoms with Gasteiger partial charge in [-0.1, -0.05) is 0 Å². The highest BCUT2D eigenvalue weighted by atomic mass is 35.5. The number of alkyl halides is 1. The molecule has 66 valence electrons. The number of fused-ring (bicyclic) bond motifs is 1. The summed E-state index contributed by atoms with van der Waals surface area (Å²) in [6, 6.07) is 1.56. The SMILES string of the molecule is O=Cc1ccn2nc(CCl)nc2n1. The van der Waals surface area contributed by atoms with Crippen molar-refractivity contribution < 1.29 is 4.79 Å². The Labute approximate surface area is 78.4 Å². The third kappa shape index (κ3) is 1.38. The van der Waals surface area contributed by atoms with Crippen molar-refractivity contribution in [3.63, 3.8) is 0 Å². The lowest BCUT2D eigenvalue weighted by Gasteiger charge is -1.89. The van der Waals surface area contributed by atoms with Crippen LogP contribution in [0.2, 0.25) is 0 Å². The number of aromatic nitrogens is 4. The van der Waals surface area contributed by atoms with Crippen LogP contribution >= 0.6 is 11.6 Å². The van der Waals surface area contributed by atoms with Gasteiger partial charge in [0.05, 0.1) is 5.88 Å². The molecular weight excluding hydrogens is 192 g/mol. The third-order valence-electron chi connectivity index (χ3n) is 1.51. The molecule has 0 N–H and O–H groups in total. The maximum atomic E-state index is 10.4. The number of aldehydes is 1. The van der Waals surface area contributed by atoms with Crippen molar-refractivity contribution in [3.05, 3.63) is 23.8 Å². The highest BCUT2D eigenvalue weighted by Crippen LogP contribution is 2.01. The summed E-state index contributed by atoms with van der Waals surface area (Å²) in [6.45, 7) is 0. The quantitative estimate of drug-likeness (QED) is 0.524. The molecule has 0 saturated heterocycles. The van der Waals surface area contributed by atoms with Gasteiger partial charge in [0, 0.05) is 6.20 Å². The Bertz CT molecular complexity index is 453. The van der Waals surface area contributed by atoms with Gasteiger partial charge in [-0.15, -0.1) is 16.7 Å². The van der Waals surface area contributed by atoms with E-state index in [4.69, 9.17) is 11.6 Å². The first-order valence-corrected chi connectivity index (χ1v) is 4.10. The van der Waals surface area contributed by atoms with Gasteiger partial charge in [-0.2, -0.15) is 4.98 Å². The van der Waals surface area contributed by atoms with E-state index in [1.165, 1.54) is 4.52 Å². The van der Waals surface area contributed by atoms with E-state index in [1.54, 1.807) is 12.3 Å². The number of carbonyl (C=O) groups is 1. The van der Waals surface area contributed by atoms with Crippen molar-refractivity contribution in [2.45, 2.75) is 5.88 Å². The molecule has 6 heteroatoms. The molecule has 0 aliphatic rings. The van der Waals surface area contributed by atoms with Crippen LogP contribution in [0, 0.1) is 0 Å². The minimum Gasteiger partial charge on any atom is -0.296 e. The number of carbonyl (C=O) groups excluding carboxylic acids is 1. The molecule has 0 spiro atoms. The molecule has 2 rings (SSSR count). The van der Waals surface area contributed by atoms with E-state index in [1.807, 2.05) is 0 Å². The number of halogens is 1. The van der Waals surface area contributed by atoms with Gasteiger partial charge in [-0.05, 0) is 6.07 Å². The molecule has 0 aliphatic heterocycles. The molecular formula is C7H5ClN4O. The van der Waals surface area contributed by atoms with Crippen molar-refractivity contribution in [2.75, 3.05) is 0 Å². The minimum atomic E-state index is 0.236. The van der Waals surface area contributed by atoms with Crippen LogP contribution in [0.5, 0.6) is 0 Å². The number of hydrogen-bond acceptors (Lipinski definition) is 4. The summed E-state index contributed by atoms with van der Waals surface area (Å²) in [6.07, 6.45) is 2.28. The highest BCUT2D eigenvalue weighted by Gasteiger charge is 2.03. The average Bonchev–Trinajstić information content (AvgIpc) is 2.58. The molecule has 2 aromatic rings. The normalized spacial score (nSPS) is 10.5. The smallest absolute Gasteiger partial charge is 0.253 e. The highest BCUT2D eigenvalue weighted by molar-refractivity contribution is 6.16. The first-order valence-electron chi connectivity index (χ1n) is 3.57. The Balaban J connectivity index is 2.63. The molecule has 0 unspecified atom stereocenters. The standard InChI is InChI=1S/C7H5ClN4O/c8-3-6-10-7-9-5(4-13)1-2-12(7)11-6/h1-2,4H,3H2. The van der Waals surface area contributed by atoms with Gasteiger partial charge in [-0.25, -0.2) is 9.50 Å². The van der Waals surface area contributed by atoms with Crippen LogP contribution in [0.25, 0.3) is 5.78 Å². The van der Waals surface area contributed by atoms with Gasteiger partial charge in [0.2, 0.25) is 0 Å². The second-order valence-electron chi connectivity index (χ2n) is 2.38. The second-order valence-corrected chi connectivity index (χ2v) is 2.64. The summed E-state index contributed by atoms with van der Waals surface area (Å²) < 4.78 is 1.48. The van der Waals surface area contributed by atoms with Crippen LogP contribution in [-0.4, -0.2) is 25.9 Å². The maximum Gasteiger partial charge on any atom is 0.253 e. The number of rotatable bonds is 2. The molecule has 2 aromatic heterocycles. The fourth-order valence-corrected chi connectivity index (χ4v) is 1.07. The Kier molecular flexibility index (Phi) is 1.94. The molecule has 0 fully saturated rings. The van der Waals surface area contributed by atoms with Crippen molar-refractivity contribution in [3.8, 4) is 0 Å². The molecule has 13 heavy (non-hydrogen) atoms. The predicted molar refractivity (Wildman–Crippen MR) is 45.7 cm³/mol. The zero-order valence-corrected chi connectivity index (χ0v) is 7.27.